The maximum atomic E-state index is 12.3. The van der Waals surface area contributed by atoms with E-state index in [9.17, 15) is 4.79 Å². The third-order valence-electron chi connectivity index (χ3n) is 4.58. The lowest BCUT2D eigenvalue weighted by atomic mass is 10.1. The Morgan fingerprint density at radius 1 is 1.20 bits per heavy atom. The topological polar surface area (TPSA) is 73.9 Å². The number of aromatic nitrogens is 3. The minimum atomic E-state index is -0.00825. The predicted octanol–water partition coefficient (Wildman–Crippen LogP) is 2.42. The Labute approximate surface area is 146 Å². The van der Waals surface area contributed by atoms with Gasteiger partial charge in [-0.25, -0.2) is 9.97 Å². The molecule has 0 spiro atoms. The molecule has 0 unspecified atom stereocenters. The number of nitrogens with zero attached hydrogens (tertiary/aromatic N) is 3. The second-order valence-corrected chi connectivity index (χ2v) is 6.36. The molecule has 25 heavy (non-hydrogen) atoms. The summed E-state index contributed by atoms with van der Waals surface area (Å²) in [5.74, 6) is 0.756. The average Bonchev–Trinajstić information content (AvgIpc) is 3.31. The van der Waals surface area contributed by atoms with E-state index in [1.165, 1.54) is 12.8 Å². The number of carbonyl (C=O) groups is 1. The van der Waals surface area contributed by atoms with E-state index in [-0.39, 0.29) is 5.91 Å². The zero-order valence-electron chi connectivity index (χ0n) is 14.0. The lowest BCUT2D eigenvalue weighted by Gasteiger charge is -2.15. The Hall–Kier alpha value is -2.89. The maximum absolute atomic E-state index is 12.3. The molecule has 6 heteroatoms. The molecule has 2 aromatic heterocycles. The highest BCUT2D eigenvalue weighted by molar-refractivity contribution is 5.88. The van der Waals surface area contributed by atoms with E-state index in [0.29, 0.717) is 13.0 Å². The monoisotopic (exact) mass is 335 g/mol. The molecule has 1 aromatic carbocycles. The summed E-state index contributed by atoms with van der Waals surface area (Å²) < 4.78 is 0. The van der Waals surface area contributed by atoms with Crippen LogP contribution in [0.4, 0.5) is 5.95 Å². The SMILES string of the molecule is O=C(Cc1c[nH]c2ccccc12)NCc1ccnc(N2CCCC2)n1. The highest BCUT2D eigenvalue weighted by atomic mass is 16.1. The third-order valence-corrected chi connectivity index (χ3v) is 4.58. The van der Waals surface area contributed by atoms with Crippen molar-refractivity contribution >= 4 is 22.8 Å². The van der Waals surface area contributed by atoms with Crippen molar-refractivity contribution in [3.8, 4) is 0 Å². The molecule has 1 saturated heterocycles. The first-order valence-electron chi connectivity index (χ1n) is 8.68. The first kappa shape index (κ1) is 15.6. The van der Waals surface area contributed by atoms with Gasteiger partial charge in [0, 0.05) is 36.4 Å². The van der Waals surface area contributed by atoms with Gasteiger partial charge >= 0.3 is 0 Å². The van der Waals surface area contributed by atoms with Crippen molar-refractivity contribution in [2.24, 2.45) is 0 Å². The van der Waals surface area contributed by atoms with E-state index >= 15 is 0 Å². The standard InChI is InChI=1S/C19H21N5O/c25-18(11-14-12-21-17-6-2-1-5-16(14)17)22-13-15-7-8-20-19(23-15)24-9-3-4-10-24/h1-2,5-8,12,21H,3-4,9-11,13H2,(H,22,25). The Balaban J connectivity index is 1.38. The third kappa shape index (κ3) is 3.47. The molecule has 128 valence electrons. The van der Waals surface area contributed by atoms with Gasteiger partial charge in [0.25, 0.3) is 0 Å². The summed E-state index contributed by atoms with van der Waals surface area (Å²) in [4.78, 5) is 26.6. The molecule has 1 amide bonds. The fraction of sp³-hybridized carbons (Fsp3) is 0.316. The average molecular weight is 335 g/mol. The first-order valence-corrected chi connectivity index (χ1v) is 8.68. The van der Waals surface area contributed by atoms with Gasteiger partial charge in [-0.05, 0) is 30.5 Å². The molecule has 6 nitrogen and oxygen atoms in total. The number of benzene rings is 1. The summed E-state index contributed by atoms with van der Waals surface area (Å²) in [6.07, 6.45) is 6.40. The van der Waals surface area contributed by atoms with Crippen LogP contribution in [0.1, 0.15) is 24.1 Å². The van der Waals surface area contributed by atoms with Crippen molar-refractivity contribution in [1.29, 1.82) is 0 Å². The molecule has 1 aliphatic heterocycles. The van der Waals surface area contributed by atoms with E-state index in [0.717, 1.165) is 41.2 Å². The quantitative estimate of drug-likeness (QED) is 0.751. The number of fused-ring (bicyclic) bond motifs is 1. The summed E-state index contributed by atoms with van der Waals surface area (Å²) in [5, 5.41) is 4.05. The van der Waals surface area contributed by atoms with E-state index in [4.69, 9.17) is 0 Å². The van der Waals surface area contributed by atoms with Crippen molar-refractivity contribution in [2.75, 3.05) is 18.0 Å². The predicted molar refractivity (Wildman–Crippen MR) is 97.3 cm³/mol. The van der Waals surface area contributed by atoms with Crippen molar-refractivity contribution in [2.45, 2.75) is 25.8 Å². The number of rotatable bonds is 5. The molecular formula is C19H21N5O. The second-order valence-electron chi connectivity index (χ2n) is 6.36. The van der Waals surface area contributed by atoms with Crippen LogP contribution in [0.25, 0.3) is 10.9 Å². The van der Waals surface area contributed by atoms with Crippen LogP contribution in [0.2, 0.25) is 0 Å². The Bertz CT molecular complexity index is 882. The molecule has 3 heterocycles. The van der Waals surface area contributed by atoms with Gasteiger partial charge < -0.3 is 15.2 Å². The Morgan fingerprint density at radius 2 is 2.04 bits per heavy atom. The van der Waals surface area contributed by atoms with Gasteiger partial charge in [-0.15, -0.1) is 0 Å². The van der Waals surface area contributed by atoms with Gasteiger partial charge in [-0.1, -0.05) is 18.2 Å². The lowest BCUT2D eigenvalue weighted by Crippen LogP contribution is -2.26. The van der Waals surface area contributed by atoms with Crippen LogP contribution in [-0.2, 0) is 17.8 Å². The molecule has 0 saturated carbocycles. The highest BCUT2D eigenvalue weighted by Gasteiger charge is 2.15. The van der Waals surface area contributed by atoms with Gasteiger partial charge in [0.15, 0.2) is 0 Å². The maximum Gasteiger partial charge on any atom is 0.225 e. The molecule has 1 fully saturated rings. The molecule has 0 atom stereocenters. The summed E-state index contributed by atoms with van der Waals surface area (Å²) in [5.41, 5.74) is 2.90. The molecule has 0 aliphatic carbocycles. The summed E-state index contributed by atoms with van der Waals surface area (Å²) in [7, 11) is 0. The molecule has 4 rings (SSSR count). The van der Waals surface area contributed by atoms with Crippen LogP contribution in [0.15, 0.2) is 42.7 Å². The van der Waals surface area contributed by atoms with Crippen molar-refractivity contribution < 1.29 is 4.79 Å². The van der Waals surface area contributed by atoms with E-state index in [2.05, 4.69) is 25.2 Å². The number of anilines is 1. The molecular weight excluding hydrogens is 314 g/mol. The van der Waals surface area contributed by atoms with Gasteiger partial charge in [-0.3, -0.25) is 4.79 Å². The number of H-pyrrole nitrogens is 1. The smallest absolute Gasteiger partial charge is 0.225 e. The lowest BCUT2D eigenvalue weighted by molar-refractivity contribution is -0.120. The zero-order chi connectivity index (χ0) is 17.1. The van der Waals surface area contributed by atoms with Crippen molar-refractivity contribution in [1.82, 2.24) is 20.3 Å². The number of nitrogens with one attached hydrogen (secondary N) is 2. The molecule has 1 aliphatic rings. The number of carbonyl (C=O) groups excluding carboxylic acids is 1. The van der Waals surface area contributed by atoms with Crippen LogP contribution < -0.4 is 10.2 Å². The normalized spacial score (nSPS) is 14.2. The van der Waals surface area contributed by atoms with Gasteiger partial charge in [0.05, 0.1) is 18.7 Å². The molecule has 0 radical (unpaired) electrons. The summed E-state index contributed by atoms with van der Waals surface area (Å²) in [6, 6.07) is 9.86. The van der Waals surface area contributed by atoms with E-state index in [1.807, 2.05) is 36.5 Å². The number of amides is 1. The van der Waals surface area contributed by atoms with Crippen LogP contribution in [0.3, 0.4) is 0 Å². The summed E-state index contributed by atoms with van der Waals surface area (Å²) >= 11 is 0. The fourth-order valence-electron chi connectivity index (χ4n) is 3.25. The first-order chi connectivity index (χ1) is 12.3. The van der Waals surface area contributed by atoms with Crippen LogP contribution in [-0.4, -0.2) is 33.9 Å². The van der Waals surface area contributed by atoms with Crippen molar-refractivity contribution in [3.63, 3.8) is 0 Å². The zero-order valence-corrected chi connectivity index (χ0v) is 14.0. The molecule has 0 bridgehead atoms. The molecule has 2 N–H and O–H groups in total. The number of hydrogen-bond donors (Lipinski definition) is 2. The second kappa shape index (κ2) is 6.93. The number of hydrogen-bond acceptors (Lipinski definition) is 4. The fourth-order valence-corrected chi connectivity index (χ4v) is 3.25. The summed E-state index contributed by atoms with van der Waals surface area (Å²) in [6.45, 7) is 2.44. The van der Waals surface area contributed by atoms with E-state index in [1.54, 1.807) is 6.20 Å². The van der Waals surface area contributed by atoms with Gasteiger partial charge in [0.1, 0.15) is 0 Å². The Kier molecular flexibility index (Phi) is 4.33. The largest absolute Gasteiger partial charge is 0.361 e. The molecule has 3 aromatic rings. The number of aromatic amines is 1. The van der Waals surface area contributed by atoms with Crippen LogP contribution in [0, 0.1) is 0 Å². The Morgan fingerprint density at radius 3 is 2.92 bits per heavy atom. The van der Waals surface area contributed by atoms with Gasteiger partial charge in [0.2, 0.25) is 11.9 Å². The van der Waals surface area contributed by atoms with Crippen LogP contribution in [0.5, 0.6) is 0 Å². The minimum absolute atomic E-state index is 0.00825. The van der Waals surface area contributed by atoms with E-state index < -0.39 is 0 Å². The highest BCUT2D eigenvalue weighted by Crippen LogP contribution is 2.18. The van der Waals surface area contributed by atoms with Gasteiger partial charge in [-0.2, -0.15) is 0 Å². The number of para-hydroxylation sites is 1. The minimum Gasteiger partial charge on any atom is -0.361 e. The van der Waals surface area contributed by atoms with Crippen LogP contribution >= 0.6 is 0 Å². The van der Waals surface area contributed by atoms with Crippen molar-refractivity contribution in [3.05, 3.63) is 54.0 Å².